The van der Waals surface area contributed by atoms with Gasteiger partial charge in [-0.2, -0.15) is 0 Å². The second kappa shape index (κ2) is 9.93. The quantitative estimate of drug-likeness (QED) is 0.649. The summed E-state index contributed by atoms with van der Waals surface area (Å²) in [4.78, 5) is 12.3. The monoisotopic (exact) mass is 420 g/mol. The van der Waals surface area contributed by atoms with Crippen molar-refractivity contribution >= 4 is 39.1 Å². The van der Waals surface area contributed by atoms with E-state index in [-0.39, 0.29) is 24.1 Å². The van der Waals surface area contributed by atoms with Crippen LogP contribution >= 0.6 is 23.2 Å². The molecule has 1 unspecified atom stereocenters. The molecule has 1 atom stereocenters. The largest absolute Gasteiger partial charge is 0.356 e. The molecule has 146 valence electrons. The average Bonchev–Trinajstić information content (AvgIpc) is 2.61. The maximum atomic E-state index is 12.8. The number of rotatable bonds is 8. The first kappa shape index (κ1) is 21.5. The van der Waals surface area contributed by atoms with Gasteiger partial charge in [-0.15, -0.1) is 0 Å². The molecule has 0 spiro atoms. The van der Waals surface area contributed by atoms with E-state index in [1.54, 1.807) is 12.1 Å². The molecule has 0 aromatic heterocycles. The van der Waals surface area contributed by atoms with Crippen LogP contribution in [0.15, 0.2) is 18.2 Å². The summed E-state index contributed by atoms with van der Waals surface area (Å²) in [5.74, 6) is -0.528. The van der Waals surface area contributed by atoms with Gasteiger partial charge < -0.3 is 5.32 Å². The Morgan fingerprint density at radius 2 is 2.08 bits per heavy atom. The van der Waals surface area contributed by atoms with Crippen molar-refractivity contribution in [1.29, 1.82) is 0 Å². The third-order valence-corrected chi connectivity index (χ3v) is 6.96. The lowest BCUT2D eigenvalue weighted by Crippen LogP contribution is -2.45. The molecule has 0 aliphatic carbocycles. The second-order valence-electron chi connectivity index (χ2n) is 6.69. The van der Waals surface area contributed by atoms with Crippen molar-refractivity contribution in [2.75, 3.05) is 19.6 Å². The van der Waals surface area contributed by atoms with Crippen molar-refractivity contribution in [3.8, 4) is 0 Å². The SMILES string of the molecule is CCCCCNC(=O)C1CCCN(S(=O)(=O)Cc2ccc(Cl)cc2Cl)C1. The molecule has 1 fully saturated rings. The van der Waals surface area contributed by atoms with Crippen LogP contribution in [0.2, 0.25) is 10.0 Å². The van der Waals surface area contributed by atoms with Crippen LogP contribution in [0.5, 0.6) is 0 Å². The third-order valence-electron chi connectivity index (χ3n) is 4.58. The molecule has 0 saturated carbocycles. The molecule has 26 heavy (non-hydrogen) atoms. The predicted octanol–water partition coefficient (Wildman–Crippen LogP) is 3.84. The Labute approximate surface area is 166 Å². The molecule has 0 bridgehead atoms. The standard InChI is InChI=1S/C18H26Cl2N2O3S/c1-2-3-4-9-21-18(23)14-6-5-10-22(12-14)26(24,25)13-15-7-8-16(19)11-17(15)20/h7-8,11,14H,2-6,9-10,12-13H2,1H3,(H,21,23). The van der Waals surface area contributed by atoms with E-state index in [0.29, 0.717) is 41.5 Å². The highest BCUT2D eigenvalue weighted by Crippen LogP contribution is 2.26. The van der Waals surface area contributed by atoms with Crippen LogP contribution < -0.4 is 5.32 Å². The fourth-order valence-corrected chi connectivity index (χ4v) is 5.26. The van der Waals surface area contributed by atoms with Gasteiger partial charge in [0.15, 0.2) is 0 Å². The minimum absolute atomic E-state index is 0.0504. The third kappa shape index (κ3) is 6.12. The van der Waals surface area contributed by atoms with Gasteiger partial charge in [0.25, 0.3) is 0 Å². The number of carbonyl (C=O) groups excluding carboxylic acids is 1. The summed E-state index contributed by atoms with van der Waals surface area (Å²) in [5.41, 5.74) is 0.516. The highest BCUT2D eigenvalue weighted by molar-refractivity contribution is 7.88. The molecule has 1 aromatic rings. The molecular formula is C18H26Cl2N2O3S. The lowest BCUT2D eigenvalue weighted by Gasteiger charge is -2.31. The van der Waals surface area contributed by atoms with E-state index in [1.807, 2.05) is 0 Å². The summed E-state index contributed by atoms with van der Waals surface area (Å²) in [6, 6.07) is 4.79. The Balaban J connectivity index is 1.97. The van der Waals surface area contributed by atoms with Gasteiger partial charge in [-0.3, -0.25) is 4.79 Å². The number of nitrogens with zero attached hydrogens (tertiary/aromatic N) is 1. The number of nitrogens with one attached hydrogen (secondary N) is 1. The number of piperidine rings is 1. The molecule has 2 rings (SSSR count). The molecule has 1 amide bonds. The van der Waals surface area contributed by atoms with Crippen LogP contribution in [0.4, 0.5) is 0 Å². The van der Waals surface area contributed by atoms with Crippen molar-refractivity contribution in [3.05, 3.63) is 33.8 Å². The first-order valence-electron chi connectivity index (χ1n) is 9.03. The van der Waals surface area contributed by atoms with Gasteiger partial charge >= 0.3 is 0 Å². The molecule has 8 heteroatoms. The van der Waals surface area contributed by atoms with Gasteiger partial charge in [0.05, 0.1) is 11.7 Å². The van der Waals surface area contributed by atoms with Gasteiger partial charge in [-0.25, -0.2) is 12.7 Å². The van der Waals surface area contributed by atoms with Crippen LogP contribution in [0, 0.1) is 5.92 Å². The number of unbranched alkanes of at least 4 members (excludes halogenated alkanes) is 2. The minimum Gasteiger partial charge on any atom is -0.356 e. The number of amides is 1. The zero-order valence-electron chi connectivity index (χ0n) is 15.0. The Morgan fingerprint density at radius 1 is 1.31 bits per heavy atom. The summed E-state index contributed by atoms with van der Waals surface area (Å²) in [6.45, 7) is 3.43. The summed E-state index contributed by atoms with van der Waals surface area (Å²) in [5, 5.41) is 3.73. The molecular weight excluding hydrogens is 395 g/mol. The van der Waals surface area contributed by atoms with Crippen molar-refractivity contribution in [3.63, 3.8) is 0 Å². The number of halogens is 2. The summed E-state index contributed by atoms with van der Waals surface area (Å²) >= 11 is 12.0. The van der Waals surface area contributed by atoms with Crippen LogP contribution in [-0.4, -0.2) is 38.3 Å². The van der Waals surface area contributed by atoms with Crippen LogP contribution in [-0.2, 0) is 20.6 Å². The first-order valence-corrected chi connectivity index (χ1v) is 11.4. The van der Waals surface area contributed by atoms with Gasteiger partial charge in [0.2, 0.25) is 15.9 Å². The van der Waals surface area contributed by atoms with Gasteiger partial charge in [0, 0.05) is 29.7 Å². The Hall–Kier alpha value is -0.820. The fourth-order valence-electron chi connectivity index (χ4n) is 3.07. The number of sulfonamides is 1. The Kier molecular flexibility index (Phi) is 8.20. The Morgan fingerprint density at radius 3 is 2.77 bits per heavy atom. The van der Waals surface area contributed by atoms with Crippen LogP contribution in [0.3, 0.4) is 0 Å². The van der Waals surface area contributed by atoms with E-state index >= 15 is 0 Å². The van der Waals surface area contributed by atoms with E-state index in [2.05, 4.69) is 12.2 Å². The maximum absolute atomic E-state index is 12.8. The van der Waals surface area contributed by atoms with Crippen LogP contribution in [0.25, 0.3) is 0 Å². The van der Waals surface area contributed by atoms with E-state index in [9.17, 15) is 13.2 Å². The first-order chi connectivity index (χ1) is 12.3. The molecule has 1 saturated heterocycles. The van der Waals surface area contributed by atoms with Gasteiger partial charge in [-0.1, -0.05) is 49.0 Å². The molecule has 1 aliphatic heterocycles. The lowest BCUT2D eigenvalue weighted by molar-refractivity contribution is -0.126. The number of hydrogen-bond donors (Lipinski definition) is 1. The van der Waals surface area contributed by atoms with E-state index in [0.717, 1.165) is 19.3 Å². The van der Waals surface area contributed by atoms with E-state index in [1.165, 1.54) is 10.4 Å². The fraction of sp³-hybridized carbons (Fsp3) is 0.611. The van der Waals surface area contributed by atoms with Crippen molar-refractivity contribution in [1.82, 2.24) is 9.62 Å². The van der Waals surface area contributed by atoms with Gasteiger partial charge in [-0.05, 0) is 37.0 Å². The van der Waals surface area contributed by atoms with E-state index < -0.39 is 10.0 Å². The number of hydrogen-bond acceptors (Lipinski definition) is 3. The molecule has 1 heterocycles. The zero-order valence-corrected chi connectivity index (χ0v) is 17.3. The van der Waals surface area contributed by atoms with Crippen molar-refractivity contribution in [2.45, 2.75) is 44.8 Å². The number of benzene rings is 1. The normalized spacial score (nSPS) is 18.7. The molecule has 1 aliphatic rings. The molecule has 1 N–H and O–H groups in total. The maximum Gasteiger partial charge on any atom is 0.224 e. The summed E-state index contributed by atoms with van der Waals surface area (Å²) < 4.78 is 26.9. The van der Waals surface area contributed by atoms with Crippen molar-refractivity contribution in [2.24, 2.45) is 5.92 Å². The lowest BCUT2D eigenvalue weighted by atomic mass is 9.99. The Bertz CT molecular complexity index is 725. The highest BCUT2D eigenvalue weighted by atomic mass is 35.5. The number of carbonyl (C=O) groups is 1. The smallest absolute Gasteiger partial charge is 0.224 e. The summed E-state index contributed by atoms with van der Waals surface area (Å²) in [6.07, 6.45) is 4.52. The average molecular weight is 421 g/mol. The zero-order chi connectivity index (χ0) is 19.2. The van der Waals surface area contributed by atoms with E-state index in [4.69, 9.17) is 23.2 Å². The van der Waals surface area contributed by atoms with Crippen LogP contribution in [0.1, 0.15) is 44.6 Å². The van der Waals surface area contributed by atoms with Gasteiger partial charge in [0.1, 0.15) is 0 Å². The molecule has 5 nitrogen and oxygen atoms in total. The van der Waals surface area contributed by atoms with Crippen molar-refractivity contribution < 1.29 is 13.2 Å². The summed E-state index contributed by atoms with van der Waals surface area (Å²) in [7, 11) is -3.54. The minimum atomic E-state index is -3.54. The molecule has 1 aromatic carbocycles. The molecule has 0 radical (unpaired) electrons. The highest BCUT2D eigenvalue weighted by Gasteiger charge is 2.32. The second-order valence-corrected chi connectivity index (χ2v) is 9.50. The predicted molar refractivity (Wildman–Crippen MR) is 106 cm³/mol. The topological polar surface area (TPSA) is 66.5 Å².